The van der Waals surface area contributed by atoms with E-state index < -0.39 is 11.8 Å². The van der Waals surface area contributed by atoms with E-state index in [0.29, 0.717) is 17.2 Å². The number of carbonyl (C=O) groups excluding carboxylic acids is 2. The Morgan fingerprint density at radius 2 is 1.78 bits per heavy atom. The SMILES string of the molecule is COc1ccc(C(=O)Nc2ccc(OCC(N)=O)cc2)c(O)c1. The summed E-state index contributed by atoms with van der Waals surface area (Å²) in [6.07, 6.45) is 0. The van der Waals surface area contributed by atoms with Crippen LogP contribution in [-0.2, 0) is 4.79 Å². The molecule has 0 aliphatic rings. The van der Waals surface area contributed by atoms with Gasteiger partial charge in [0.1, 0.15) is 17.2 Å². The van der Waals surface area contributed by atoms with E-state index in [4.69, 9.17) is 15.2 Å². The molecule has 0 aliphatic carbocycles. The number of hydrogen-bond acceptors (Lipinski definition) is 5. The van der Waals surface area contributed by atoms with Crippen molar-refractivity contribution in [1.29, 1.82) is 0 Å². The highest BCUT2D eigenvalue weighted by Crippen LogP contribution is 2.24. The number of amides is 2. The fraction of sp³-hybridized carbons (Fsp3) is 0.125. The third-order valence-electron chi connectivity index (χ3n) is 2.94. The molecule has 0 spiro atoms. The molecule has 0 saturated carbocycles. The second-order valence-corrected chi connectivity index (χ2v) is 4.62. The first kappa shape index (κ1) is 16.2. The average Bonchev–Trinajstić information content (AvgIpc) is 2.53. The molecule has 7 heteroatoms. The highest BCUT2D eigenvalue weighted by Gasteiger charge is 2.12. The van der Waals surface area contributed by atoms with E-state index in [-0.39, 0.29) is 17.9 Å². The lowest BCUT2D eigenvalue weighted by Crippen LogP contribution is -2.20. The van der Waals surface area contributed by atoms with Crippen LogP contribution < -0.4 is 20.5 Å². The van der Waals surface area contributed by atoms with Crippen LogP contribution in [0.3, 0.4) is 0 Å². The summed E-state index contributed by atoms with van der Waals surface area (Å²) < 4.78 is 10.1. The minimum absolute atomic E-state index is 0.125. The van der Waals surface area contributed by atoms with Gasteiger partial charge in [0.15, 0.2) is 6.61 Å². The lowest BCUT2D eigenvalue weighted by molar-refractivity contribution is -0.119. The molecule has 0 unspecified atom stereocenters. The molecule has 0 aromatic heterocycles. The Bertz CT molecular complexity index is 713. The number of methoxy groups -OCH3 is 1. The van der Waals surface area contributed by atoms with Gasteiger partial charge in [-0.2, -0.15) is 0 Å². The Morgan fingerprint density at radius 3 is 2.35 bits per heavy atom. The van der Waals surface area contributed by atoms with Gasteiger partial charge >= 0.3 is 0 Å². The van der Waals surface area contributed by atoms with Gasteiger partial charge in [-0.3, -0.25) is 9.59 Å². The minimum Gasteiger partial charge on any atom is -0.507 e. The van der Waals surface area contributed by atoms with Crippen molar-refractivity contribution in [2.75, 3.05) is 19.0 Å². The minimum atomic E-state index is -0.572. The molecule has 2 aromatic rings. The topological polar surface area (TPSA) is 111 Å². The van der Waals surface area contributed by atoms with Crippen molar-refractivity contribution < 1.29 is 24.2 Å². The molecule has 0 heterocycles. The van der Waals surface area contributed by atoms with E-state index in [1.807, 2.05) is 0 Å². The predicted molar refractivity (Wildman–Crippen MR) is 83.7 cm³/mol. The molecule has 0 radical (unpaired) electrons. The van der Waals surface area contributed by atoms with Crippen molar-refractivity contribution in [2.24, 2.45) is 5.73 Å². The van der Waals surface area contributed by atoms with Gasteiger partial charge in [-0.05, 0) is 36.4 Å². The summed E-state index contributed by atoms with van der Waals surface area (Å²) >= 11 is 0. The summed E-state index contributed by atoms with van der Waals surface area (Å²) in [5.74, 6) is -0.305. The number of ether oxygens (including phenoxy) is 2. The maximum Gasteiger partial charge on any atom is 0.259 e. The van der Waals surface area contributed by atoms with Crippen LogP contribution in [0.5, 0.6) is 17.2 Å². The normalized spacial score (nSPS) is 9.96. The third kappa shape index (κ3) is 4.37. The van der Waals surface area contributed by atoms with Gasteiger partial charge in [0.25, 0.3) is 11.8 Å². The summed E-state index contributed by atoms with van der Waals surface area (Å²) in [4.78, 5) is 22.8. The largest absolute Gasteiger partial charge is 0.507 e. The van der Waals surface area contributed by atoms with Crippen LogP contribution in [0.15, 0.2) is 42.5 Å². The zero-order chi connectivity index (χ0) is 16.8. The number of carbonyl (C=O) groups is 2. The van der Waals surface area contributed by atoms with Crippen molar-refractivity contribution in [1.82, 2.24) is 0 Å². The van der Waals surface area contributed by atoms with Crippen LogP contribution in [0.1, 0.15) is 10.4 Å². The number of nitrogens with two attached hydrogens (primary N) is 1. The van der Waals surface area contributed by atoms with E-state index in [9.17, 15) is 14.7 Å². The summed E-state index contributed by atoms with van der Waals surface area (Å²) in [5.41, 5.74) is 5.62. The maximum atomic E-state index is 12.1. The van der Waals surface area contributed by atoms with Gasteiger partial charge in [0.05, 0.1) is 12.7 Å². The Kier molecular flexibility index (Phi) is 5.03. The number of hydrogen-bond donors (Lipinski definition) is 3. The number of aromatic hydroxyl groups is 1. The van der Waals surface area contributed by atoms with Crippen molar-refractivity contribution in [3.05, 3.63) is 48.0 Å². The second-order valence-electron chi connectivity index (χ2n) is 4.62. The molecule has 4 N–H and O–H groups in total. The lowest BCUT2D eigenvalue weighted by Gasteiger charge is -2.09. The number of rotatable bonds is 6. The van der Waals surface area contributed by atoms with Crippen LogP contribution in [0.4, 0.5) is 5.69 Å². The van der Waals surface area contributed by atoms with Crippen LogP contribution in [-0.4, -0.2) is 30.6 Å². The number of primary amides is 1. The Hall–Kier alpha value is -3.22. The summed E-state index contributed by atoms with van der Waals surface area (Å²) in [7, 11) is 1.47. The number of anilines is 1. The van der Waals surface area contributed by atoms with Gasteiger partial charge in [-0.15, -0.1) is 0 Å². The first-order valence-electron chi connectivity index (χ1n) is 6.69. The van der Waals surface area contributed by atoms with E-state index in [1.54, 1.807) is 30.3 Å². The molecule has 2 rings (SSSR count). The van der Waals surface area contributed by atoms with Crippen LogP contribution >= 0.6 is 0 Å². The molecule has 0 atom stereocenters. The zero-order valence-electron chi connectivity index (χ0n) is 12.4. The fourth-order valence-corrected chi connectivity index (χ4v) is 1.82. The predicted octanol–water partition coefficient (Wildman–Crippen LogP) is 1.52. The standard InChI is InChI=1S/C16H16N2O5/c1-22-12-6-7-13(14(19)8-12)16(21)18-10-2-4-11(5-3-10)23-9-15(17)20/h2-8,19H,9H2,1H3,(H2,17,20)(H,18,21). The van der Waals surface area contributed by atoms with Crippen molar-refractivity contribution >= 4 is 17.5 Å². The summed E-state index contributed by atoms with van der Waals surface area (Å²) in [5, 5.41) is 12.5. The smallest absolute Gasteiger partial charge is 0.259 e. The molecule has 2 amide bonds. The number of nitrogens with one attached hydrogen (secondary N) is 1. The van der Waals surface area contributed by atoms with Crippen molar-refractivity contribution in [3.63, 3.8) is 0 Å². The van der Waals surface area contributed by atoms with Gasteiger partial charge in [0, 0.05) is 11.8 Å². The number of benzene rings is 2. The number of phenols is 1. The molecule has 0 aliphatic heterocycles. The molecular formula is C16H16N2O5. The molecule has 7 nitrogen and oxygen atoms in total. The Morgan fingerprint density at radius 1 is 1.13 bits per heavy atom. The molecular weight excluding hydrogens is 300 g/mol. The van der Waals surface area contributed by atoms with Crippen LogP contribution in [0.2, 0.25) is 0 Å². The molecule has 0 saturated heterocycles. The molecule has 23 heavy (non-hydrogen) atoms. The first-order valence-corrected chi connectivity index (χ1v) is 6.69. The Balaban J connectivity index is 2.04. The van der Waals surface area contributed by atoms with E-state index in [2.05, 4.69) is 5.32 Å². The van der Waals surface area contributed by atoms with E-state index >= 15 is 0 Å². The summed E-state index contributed by atoms with van der Waals surface area (Å²) in [6.45, 7) is -0.217. The second kappa shape index (κ2) is 7.17. The van der Waals surface area contributed by atoms with Gasteiger partial charge < -0.3 is 25.6 Å². The third-order valence-corrected chi connectivity index (χ3v) is 2.94. The summed E-state index contributed by atoms with van der Waals surface area (Å²) in [6, 6.07) is 10.8. The first-order chi connectivity index (χ1) is 11.0. The fourth-order valence-electron chi connectivity index (χ4n) is 1.82. The van der Waals surface area contributed by atoms with E-state index in [0.717, 1.165) is 0 Å². The zero-order valence-corrected chi connectivity index (χ0v) is 12.4. The highest BCUT2D eigenvalue weighted by atomic mass is 16.5. The van der Waals surface area contributed by atoms with Gasteiger partial charge in [-0.1, -0.05) is 0 Å². The molecule has 0 fully saturated rings. The van der Waals surface area contributed by atoms with Crippen LogP contribution in [0, 0.1) is 0 Å². The van der Waals surface area contributed by atoms with Gasteiger partial charge in [-0.25, -0.2) is 0 Å². The monoisotopic (exact) mass is 316 g/mol. The molecule has 2 aromatic carbocycles. The lowest BCUT2D eigenvalue weighted by atomic mass is 10.1. The quantitative estimate of drug-likeness (QED) is 0.748. The van der Waals surface area contributed by atoms with Crippen molar-refractivity contribution in [3.8, 4) is 17.2 Å². The number of phenolic OH excluding ortho intramolecular Hbond substituents is 1. The molecule has 120 valence electrons. The van der Waals surface area contributed by atoms with E-state index in [1.165, 1.54) is 19.2 Å². The van der Waals surface area contributed by atoms with Crippen molar-refractivity contribution in [2.45, 2.75) is 0 Å². The highest BCUT2D eigenvalue weighted by molar-refractivity contribution is 6.06. The molecule has 0 bridgehead atoms. The maximum absolute atomic E-state index is 12.1. The van der Waals surface area contributed by atoms with Gasteiger partial charge in [0.2, 0.25) is 0 Å². The van der Waals surface area contributed by atoms with Crippen LogP contribution in [0.25, 0.3) is 0 Å². The average molecular weight is 316 g/mol. The Labute approximate surface area is 132 Å².